The van der Waals surface area contributed by atoms with Gasteiger partial charge in [0.15, 0.2) is 6.10 Å². The van der Waals surface area contributed by atoms with Crippen molar-refractivity contribution in [3.63, 3.8) is 0 Å². The Morgan fingerprint density at radius 3 is 2.62 bits per heavy atom. The van der Waals surface area contributed by atoms with Crippen molar-refractivity contribution < 1.29 is 38.1 Å². The van der Waals surface area contributed by atoms with E-state index in [0.717, 1.165) is 12.5 Å². The number of carbonyl (C=O) groups is 2. The molecule has 7 atom stereocenters. The molecule has 0 bridgehead atoms. The van der Waals surface area contributed by atoms with Crippen LogP contribution in [0.5, 0.6) is 0 Å². The molecule has 4 N–H and O–H groups in total. The molecule has 9 nitrogen and oxygen atoms in total. The zero-order valence-electron chi connectivity index (χ0n) is 22.4. The normalized spacial score (nSPS) is 36.1. The lowest BCUT2D eigenvalue weighted by Gasteiger charge is -2.35. The van der Waals surface area contributed by atoms with E-state index in [-0.39, 0.29) is 42.4 Å². The van der Waals surface area contributed by atoms with Crippen molar-refractivity contribution in [2.75, 3.05) is 0 Å². The molecule has 0 spiro atoms. The van der Waals surface area contributed by atoms with Crippen LogP contribution in [0.4, 0.5) is 4.39 Å². The molecule has 2 fully saturated rings. The Morgan fingerprint density at radius 2 is 2.00 bits per heavy atom. The monoisotopic (exact) mass is 524 g/mol. The van der Waals surface area contributed by atoms with Gasteiger partial charge in [-0.1, -0.05) is 34.1 Å². The Balaban J connectivity index is 1.87. The Kier molecular flexibility index (Phi) is 9.32. The Labute approximate surface area is 217 Å². The van der Waals surface area contributed by atoms with Gasteiger partial charge in [0.2, 0.25) is 5.89 Å². The number of hydrogen-bond donors (Lipinski definition) is 3. The molecule has 0 radical (unpaired) electrons. The molecule has 0 aliphatic carbocycles. The van der Waals surface area contributed by atoms with Crippen LogP contribution in [0.25, 0.3) is 6.08 Å². The molecule has 3 heterocycles. The van der Waals surface area contributed by atoms with Gasteiger partial charge in [-0.2, -0.15) is 0 Å². The fraction of sp³-hybridized carbons (Fsp3) is 0.741. The average Bonchev–Trinajstić information content (AvgIpc) is 3.24. The van der Waals surface area contributed by atoms with E-state index in [1.54, 1.807) is 13.8 Å². The largest absolute Gasteiger partial charge is 0.455 e. The summed E-state index contributed by atoms with van der Waals surface area (Å²) in [6.45, 7) is 8.83. The van der Waals surface area contributed by atoms with Gasteiger partial charge in [0.1, 0.15) is 23.6 Å². The zero-order valence-corrected chi connectivity index (χ0v) is 22.4. The third kappa shape index (κ3) is 6.85. The van der Waals surface area contributed by atoms with Gasteiger partial charge in [0.05, 0.1) is 42.3 Å². The van der Waals surface area contributed by atoms with E-state index in [4.69, 9.17) is 19.6 Å². The van der Waals surface area contributed by atoms with Crippen LogP contribution in [-0.2, 0) is 25.6 Å². The third-order valence-electron chi connectivity index (χ3n) is 8.01. The van der Waals surface area contributed by atoms with E-state index < -0.39 is 53.5 Å². The summed E-state index contributed by atoms with van der Waals surface area (Å²) in [6, 6.07) is 0. The maximum absolute atomic E-state index is 15.3. The van der Waals surface area contributed by atoms with Crippen LogP contribution in [0.2, 0.25) is 0 Å². The van der Waals surface area contributed by atoms with Gasteiger partial charge in [-0.15, -0.1) is 0 Å². The molecule has 0 aromatic carbocycles. The Hall–Kier alpha value is -2.14. The molecule has 208 valence electrons. The predicted molar refractivity (Wildman–Crippen MR) is 133 cm³/mol. The average molecular weight is 525 g/mol. The number of carbonyl (C=O) groups excluding carboxylic acids is 2. The summed E-state index contributed by atoms with van der Waals surface area (Å²) in [6.07, 6.45) is 0.622. The van der Waals surface area contributed by atoms with E-state index in [2.05, 4.69) is 4.98 Å². The fourth-order valence-corrected chi connectivity index (χ4v) is 5.13. The Bertz CT molecular complexity index is 993. The molecule has 7 unspecified atom stereocenters. The van der Waals surface area contributed by atoms with Gasteiger partial charge in [0.25, 0.3) is 0 Å². The number of nitrogens with two attached hydrogens (primary N) is 1. The molecule has 0 saturated carbocycles. The number of fused-ring (bicyclic) bond motifs is 1. The van der Waals surface area contributed by atoms with Crippen molar-refractivity contribution in [1.29, 1.82) is 0 Å². The minimum absolute atomic E-state index is 0.0586. The number of nitrogens with zero attached hydrogens (tertiary/aromatic N) is 1. The van der Waals surface area contributed by atoms with Crippen molar-refractivity contribution in [3.8, 4) is 0 Å². The standard InChI is InChI=1S/C27H41FN2O7/c1-6-17-24(33)15(2)8-7-9-27(5)21(37-27)11-19(18(28)10-16-14-35-22(13-29)30-16)36-23(32)12-20(31)26(3,4)25(17)34/h10,14-15,17,19-21,24,31,33H,6-9,11-13,29H2,1-5H3. The highest BCUT2D eigenvalue weighted by Crippen LogP contribution is 2.45. The van der Waals surface area contributed by atoms with Crippen LogP contribution in [0.1, 0.15) is 84.7 Å². The minimum Gasteiger partial charge on any atom is -0.455 e. The number of ether oxygens (including phenoxy) is 2. The number of esters is 1. The molecule has 2 aliphatic rings. The highest BCUT2D eigenvalue weighted by molar-refractivity contribution is 5.88. The minimum atomic E-state index is -1.38. The molecular formula is C27H41FN2O7. The number of cyclic esters (lactones) is 1. The number of rotatable bonds is 4. The predicted octanol–water partition coefficient (Wildman–Crippen LogP) is 3.46. The van der Waals surface area contributed by atoms with Crippen LogP contribution in [0, 0.1) is 17.3 Å². The van der Waals surface area contributed by atoms with E-state index in [9.17, 15) is 19.8 Å². The second-order valence-electron chi connectivity index (χ2n) is 11.2. The van der Waals surface area contributed by atoms with Crippen molar-refractivity contribution >= 4 is 17.8 Å². The second-order valence-corrected chi connectivity index (χ2v) is 11.2. The van der Waals surface area contributed by atoms with Crippen LogP contribution in [-0.4, -0.2) is 57.0 Å². The molecule has 37 heavy (non-hydrogen) atoms. The van der Waals surface area contributed by atoms with Gasteiger partial charge < -0.3 is 29.8 Å². The summed E-state index contributed by atoms with van der Waals surface area (Å²) >= 11 is 0. The topological polar surface area (TPSA) is 148 Å². The van der Waals surface area contributed by atoms with Crippen LogP contribution >= 0.6 is 0 Å². The lowest BCUT2D eigenvalue weighted by molar-refractivity contribution is -0.155. The molecule has 3 rings (SSSR count). The second kappa shape index (κ2) is 11.7. The first-order chi connectivity index (χ1) is 17.3. The van der Waals surface area contributed by atoms with Crippen LogP contribution in [0.15, 0.2) is 16.5 Å². The first-order valence-corrected chi connectivity index (χ1v) is 13.1. The van der Waals surface area contributed by atoms with Gasteiger partial charge in [-0.25, -0.2) is 9.37 Å². The highest BCUT2D eigenvalue weighted by Gasteiger charge is 2.53. The summed E-state index contributed by atoms with van der Waals surface area (Å²) in [5, 5.41) is 21.8. The first kappa shape index (κ1) is 29.4. The number of ketones is 1. The number of epoxide rings is 1. The van der Waals surface area contributed by atoms with E-state index in [0.29, 0.717) is 19.3 Å². The van der Waals surface area contributed by atoms with Crippen LogP contribution in [0.3, 0.4) is 0 Å². The third-order valence-corrected chi connectivity index (χ3v) is 8.01. The summed E-state index contributed by atoms with van der Waals surface area (Å²) in [5.74, 6) is -2.49. The highest BCUT2D eigenvalue weighted by atomic mass is 19.1. The van der Waals surface area contributed by atoms with Gasteiger partial charge >= 0.3 is 5.97 Å². The molecule has 10 heteroatoms. The van der Waals surface area contributed by atoms with Crippen molar-refractivity contribution in [2.45, 2.75) is 110 Å². The quantitative estimate of drug-likeness (QED) is 0.398. The van der Waals surface area contributed by atoms with E-state index >= 15 is 4.39 Å². The molecule has 2 saturated heterocycles. The van der Waals surface area contributed by atoms with E-state index in [1.807, 2.05) is 20.8 Å². The Morgan fingerprint density at radius 1 is 1.30 bits per heavy atom. The summed E-state index contributed by atoms with van der Waals surface area (Å²) in [5.41, 5.74) is 3.87. The first-order valence-electron chi connectivity index (χ1n) is 13.1. The number of aromatic nitrogens is 1. The SMILES string of the molecule is CCC1C(=O)C(C)(C)C(O)CC(=O)OC(C(F)=Cc2coc(CN)n2)CC2OC2(C)CCCC(C)C1O. The molecular weight excluding hydrogens is 483 g/mol. The summed E-state index contributed by atoms with van der Waals surface area (Å²) in [4.78, 5) is 30.3. The van der Waals surface area contributed by atoms with Gasteiger partial charge in [-0.3, -0.25) is 9.59 Å². The van der Waals surface area contributed by atoms with Crippen molar-refractivity contribution in [3.05, 3.63) is 23.7 Å². The summed E-state index contributed by atoms with van der Waals surface area (Å²) < 4.78 is 31.9. The maximum Gasteiger partial charge on any atom is 0.309 e. The number of aliphatic hydroxyl groups is 2. The van der Waals surface area contributed by atoms with Crippen molar-refractivity contribution in [1.82, 2.24) is 4.98 Å². The number of hydrogen-bond acceptors (Lipinski definition) is 9. The maximum atomic E-state index is 15.3. The number of oxazole rings is 1. The van der Waals surface area contributed by atoms with Gasteiger partial charge in [-0.05, 0) is 32.1 Å². The smallest absolute Gasteiger partial charge is 0.309 e. The number of halogens is 1. The van der Waals surface area contributed by atoms with Crippen molar-refractivity contribution in [2.24, 2.45) is 23.0 Å². The molecule has 2 aliphatic heterocycles. The summed E-state index contributed by atoms with van der Waals surface area (Å²) in [7, 11) is 0. The molecule has 1 aromatic rings. The zero-order chi connectivity index (χ0) is 27.5. The number of aliphatic hydroxyl groups excluding tert-OH is 2. The molecule has 1 aromatic heterocycles. The lowest BCUT2D eigenvalue weighted by Crippen LogP contribution is -2.46. The fourth-order valence-electron chi connectivity index (χ4n) is 5.13. The lowest BCUT2D eigenvalue weighted by atomic mass is 9.71. The van der Waals surface area contributed by atoms with E-state index in [1.165, 1.54) is 6.26 Å². The number of Topliss-reactive ketones (excluding diaryl/α,β-unsaturated/α-hetero) is 1. The molecule has 0 amide bonds. The van der Waals surface area contributed by atoms with Gasteiger partial charge in [0, 0.05) is 18.4 Å². The van der Waals surface area contributed by atoms with Crippen LogP contribution < -0.4 is 5.73 Å².